The third-order valence-electron chi connectivity index (χ3n) is 6.81. The number of carbonyl (C=O) groups is 1. The van der Waals surface area contributed by atoms with Crippen molar-refractivity contribution in [1.82, 2.24) is 24.3 Å². The molecule has 0 unspecified atom stereocenters. The standard InChI is InChI=1S/C29H27ClN6O3S/c30-20-4-6-24(7-5-20)39-18-23(38)17-35-12-9-21(10-13-35)32-28-31-11-8-25(33-28)27-26(19-2-1-3-22(37)16-19)34-29-36(27)14-15-40-29/h1-8,11,14-16,21,37H,9-10,12-13,17-18H2,(H,31,32,33). The van der Waals surface area contributed by atoms with Gasteiger partial charge in [0, 0.05) is 47.5 Å². The van der Waals surface area contributed by atoms with Crippen LogP contribution in [0.2, 0.25) is 5.02 Å². The van der Waals surface area contributed by atoms with Crippen LogP contribution >= 0.6 is 22.9 Å². The summed E-state index contributed by atoms with van der Waals surface area (Å²) in [5.74, 6) is 1.41. The van der Waals surface area contributed by atoms with Crippen LogP contribution in [0, 0.1) is 0 Å². The molecule has 1 saturated heterocycles. The summed E-state index contributed by atoms with van der Waals surface area (Å²) in [5.41, 5.74) is 3.16. The average Bonchev–Trinajstić information content (AvgIpc) is 3.56. The van der Waals surface area contributed by atoms with Crippen molar-refractivity contribution in [1.29, 1.82) is 0 Å². The number of fused-ring (bicyclic) bond motifs is 1. The van der Waals surface area contributed by atoms with Crippen molar-refractivity contribution in [3.63, 3.8) is 0 Å². The minimum atomic E-state index is 0.0387. The number of rotatable bonds is 9. The van der Waals surface area contributed by atoms with E-state index in [1.165, 1.54) is 0 Å². The highest BCUT2D eigenvalue weighted by Gasteiger charge is 2.23. The number of piperidine rings is 1. The molecule has 11 heteroatoms. The molecule has 0 bridgehead atoms. The number of likely N-dealkylation sites (tertiary alicyclic amines) is 1. The summed E-state index contributed by atoms with van der Waals surface area (Å²) in [6, 6.07) is 16.2. The number of thiazole rings is 1. The van der Waals surface area contributed by atoms with Crippen LogP contribution in [-0.2, 0) is 4.79 Å². The van der Waals surface area contributed by atoms with Crippen molar-refractivity contribution in [3.05, 3.63) is 77.4 Å². The molecule has 0 radical (unpaired) electrons. The van der Waals surface area contributed by atoms with Gasteiger partial charge in [0.15, 0.2) is 10.7 Å². The van der Waals surface area contributed by atoms with Gasteiger partial charge in [-0.05, 0) is 55.3 Å². The predicted molar refractivity (Wildman–Crippen MR) is 156 cm³/mol. The van der Waals surface area contributed by atoms with Gasteiger partial charge in [-0.25, -0.2) is 15.0 Å². The number of ether oxygens (including phenoxy) is 1. The Morgan fingerprint density at radius 1 is 1.12 bits per heavy atom. The molecule has 2 N–H and O–H groups in total. The molecule has 9 nitrogen and oxygen atoms in total. The van der Waals surface area contributed by atoms with Crippen molar-refractivity contribution >= 4 is 39.6 Å². The van der Waals surface area contributed by atoms with Crippen LogP contribution in [0.5, 0.6) is 11.5 Å². The number of phenolic OH excluding ortho intramolecular Hbond substituents is 1. The van der Waals surface area contributed by atoms with Crippen LogP contribution in [0.4, 0.5) is 5.95 Å². The molecule has 0 spiro atoms. The van der Waals surface area contributed by atoms with Crippen LogP contribution < -0.4 is 10.1 Å². The van der Waals surface area contributed by atoms with Crippen LogP contribution in [0.25, 0.3) is 27.6 Å². The molecule has 0 atom stereocenters. The number of carbonyl (C=O) groups excluding carboxylic acids is 1. The molecule has 0 aliphatic carbocycles. The molecule has 204 valence electrons. The molecular weight excluding hydrogens is 548 g/mol. The number of imidazole rings is 1. The zero-order chi connectivity index (χ0) is 27.5. The first-order valence-electron chi connectivity index (χ1n) is 13.0. The van der Waals surface area contributed by atoms with Gasteiger partial charge in [0.05, 0.1) is 17.9 Å². The molecule has 0 saturated carbocycles. The molecule has 1 fully saturated rings. The monoisotopic (exact) mass is 574 g/mol. The second-order valence-electron chi connectivity index (χ2n) is 9.66. The van der Waals surface area contributed by atoms with Crippen molar-refractivity contribution in [2.24, 2.45) is 0 Å². The lowest BCUT2D eigenvalue weighted by molar-refractivity contribution is -0.122. The van der Waals surface area contributed by atoms with Crippen molar-refractivity contribution in [2.75, 3.05) is 31.6 Å². The Kier molecular flexibility index (Phi) is 7.63. The maximum Gasteiger partial charge on any atom is 0.223 e. The third kappa shape index (κ3) is 5.94. The molecule has 40 heavy (non-hydrogen) atoms. The SMILES string of the molecule is O=C(COc1ccc(Cl)cc1)CN1CCC(Nc2nccc(-c3c(-c4cccc(O)c4)nc4sccn34)n2)CC1. The van der Waals surface area contributed by atoms with Gasteiger partial charge >= 0.3 is 0 Å². The van der Waals surface area contributed by atoms with E-state index in [-0.39, 0.29) is 24.2 Å². The molecule has 1 aliphatic rings. The largest absolute Gasteiger partial charge is 0.508 e. The molecule has 5 aromatic rings. The smallest absolute Gasteiger partial charge is 0.223 e. The van der Waals surface area contributed by atoms with Gasteiger partial charge in [-0.1, -0.05) is 23.7 Å². The van der Waals surface area contributed by atoms with E-state index in [2.05, 4.69) is 15.2 Å². The lowest BCUT2D eigenvalue weighted by atomic mass is 10.0. The number of nitrogens with one attached hydrogen (secondary N) is 1. The zero-order valence-corrected chi connectivity index (χ0v) is 23.1. The lowest BCUT2D eigenvalue weighted by Gasteiger charge is -2.31. The normalized spacial score (nSPS) is 14.4. The zero-order valence-electron chi connectivity index (χ0n) is 21.5. The number of aromatic hydroxyl groups is 1. The highest BCUT2D eigenvalue weighted by atomic mass is 35.5. The second kappa shape index (κ2) is 11.6. The number of ketones is 1. The van der Waals surface area contributed by atoms with E-state index < -0.39 is 0 Å². The molecule has 6 rings (SSSR count). The van der Waals surface area contributed by atoms with Crippen LogP contribution in [-0.4, -0.2) is 67.4 Å². The van der Waals surface area contributed by atoms with E-state index in [0.717, 1.165) is 53.5 Å². The van der Waals surface area contributed by atoms with Gasteiger partial charge in [0.2, 0.25) is 5.95 Å². The number of hydrogen-bond acceptors (Lipinski definition) is 9. The molecular formula is C29H27ClN6O3S. The first-order valence-corrected chi connectivity index (χ1v) is 14.2. The Labute approximate surface area is 240 Å². The number of nitrogens with zero attached hydrogens (tertiary/aromatic N) is 5. The summed E-state index contributed by atoms with van der Waals surface area (Å²) < 4.78 is 7.60. The number of halogens is 1. The van der Waals surface area contributed by atoms with E-state index in [0.29, 0.717) is 23.3 Å². The van der Waals surface area contributed by atoms with E-state index in [1.807, 2.05) is 34.2 Å². The fraction of sp³-hybridized carbons (Fsp3) is 0.241. The van der Waals surface area contributed by atoms with Crippen LogP contribution in [0.1, 0.15) is 12.8 Å². The maximum absolute atomic E-state index is 12.4. The van der Waals surface area contributed by atoms with Crippen molar-refractivity contribution in [2.45, 2.75) is 18.9 Å². The molecule has 3 aromatic heterocycles. The van der Waals surface area contributed by atoms with E-state index in [9.17, 15) is 9.90 Å². The highest BCUT2D eigenvalue weighted by Crippen LogP contribution is 2.34. The van der Waals surface area contributed by atoms with Gasteiger partial charge < -0.3 is 15.2 Å². The van der Waals surface area contributed by atoms with E-state index >= 15 is 0 Å². The minimum Gasteiger partial charge on any atom is -0.508 e. The summed E-state index contributed by atoms with van der Waals surface area (Å²) in [6.07, 6.45) is 5.46. The third-order valence-corrected chi connectivity index (χ3v) is 7.82. The second-order valence-corrected chi connectivity index (χ2v) is 11.0. The summed E-state index contributed by atoms with van der Waals surface area (Å²) in [7, 11) is 0. The maximum atomic E-state index is 12.4. The van der Waals surface area contributed by atoms with Crippen LogP contribution in [0.15, 0.2) is 72.4 Å². The number of hydrogen-bond donors (Lipinski definition) is 2. The van der Waals surface area contributed by atoms with Gasteiger partial charge in [0.25, 0.3) is 0 Å². The van der Waals surface area contributed by atoms with Gasteiger partial charge in [-0.3, -0.25) is 14.1 Å². The summed E-state index contributed by atoms with van der Waals surface area (Å²) in [5, 5.41) is 16.1. The van der Waals surface area contributed by atoms with E-state index in [4.69, 9.17) is 26.3 Å². The molecule has 0 amide bonds. The van der Waals surface area contributed by atoms with Gasteiger partial charge in [-0.2, -0.15) is 0 Å². The fourth-order valence-electron chi connectivity index (χ4n) is 4.85. The number of anilines is 1. The topological polar surface area (TPSA) is 105 Å². The molecule has 4 heterocycles. The van der Waals surface area contributed by atoms with Crippen molar-refractivity contribution < 1.29 is 14.6 Å². The Morgan fingerprint density at radius 3 is 2.75 bits per heavy atom. The predicted octanol–water partition coefficient (Wildman–Crippen LogP) is 5.40. The summed E-state index contributed by atoms with van der Waals surface area (Å²) in [6.45, 7) is 1.99. The Morgan fingerprint density at radius 2 is 1.95 bits per heavy atom. The van der Waals surface area contributed by atoms with E-state index in [1.54, 1.807) is 53.9 Å². The number of aromatic nitrogens is 4. The Hall–Kier alpha value is -3.99. The summed E-state index contributed by atoms with van der Waals surface area (Å²) in [4.78, 5) is 29.6. The summed E-state index contributed by atoms with van der Waals surface area (Å²) >= 11 is 7.44. The quantitative estimate of drug-likeness (QED) is 0.241. The first kappa shape index (κ1) is 26.2. The molecule has 1 aliphatic heterocycles. The first-order chi connectivity index (χ1) is 19.5. The lowest BCUT2D eigenvalue weighted by Crippen LogP contribution is -2.42. The average molecular weight is 575 g/mol. The Bertz CT molecular complexity index is 1630. The van der Waals surface area contributed by atoms with Gasteiger partial charge in [0.1, 0.15) is 23.8 Å². The number of Topliss-reactive ketones (excluding diaryl/α,β-unsaturated/α-hetero) is 1. The fourth-order valence-corrected chi connectivity index (χ4v) is 5.69. The highest BCUT2D eigenvalue weighted by molar-refractivity contribution is 7.15. The minimum absolute atomic E-state index is 0.0387. The number of benzene rings is 2. The molecule has 2 aromatic carbocycles. The number of phenols is 1. The van der Waals surface area contributed by atoms with Crippen LogP contribution in [0.3, 0.4) is 0 Å². The Balaban J connectivity index is 1.08. The van der Waals surface area contributed by atoms with Crippen molar-refractivity contribution in [3.8, 4) is 34.1 Å². The van der Waals surface area contributed by atoms with Gasteiger partial charge in [-0.15, -0.1) is 11.3 Å².